The third-order valence-corrected chi connectivity index (χ3v) is 2.45. The summed E-state index contributed by atoms with van der Waals surface area (Å²) in [6.07, 6.45) is 2.87. The van der Waals surface area contributed by atoms with Crippen LogP contribution in [0.3, 0.4) is 0 Å². The first kappa shape index (κ1) is 12.4. The van der Waals surface area contributed by atoms with Gasteiger partial charge in [0, 0.05) is 17.8 Å². The van der Waals surface area contributed by atoms with Crippen molar-refractivity contribution in [3.8, 4) is 0 Å². The highest BCUT2D eigenvalue weighted by Crippen LogP contribution is 2.14. The predicted octanol–water partition coefficient (Wildman–Crippen LogP) is 1.40. The summed E-state index contributed by atoms with van der Waals surface area (Å²) in [6, 6.07) is 0.0250. The number of aliphatic carboxylic acids is 1. The fourth-order valence-electron chi connectivity index (χ4n) is 1.52. The number of hydrogen-bond acceptors (Lipinski definition) is 3. The zero-order valence-corrected chi connectivity index (χ0v) is 9.67. The maximum Gasteiger partial charge on any atom is 0.303 e. The first-order valence-corrected chi connectivity index (χ1v) is 5.21. The summed E-state index contributed by atoms with van der Waals surface area (Å²) in [5.41, 5.74) is 0.303. The lowest BCUT2D eigenvalue weighted by atomic mass is 10.0. The average molecular weight is 224 g/mol. The van der Waals surface area contributed by atoms with Crippen LogP contribution in [0.25, 0.3) is 0 Å². The van der Waals surface area contributed by atoms with E-state index in [1.807, 2.05) is 13.8 Å². The summed E-state index contributed by atoms with van der Waals surface area (Å²) >= 11 is 0. The van der Waals surface area contributed by atoms with Crippen molar-refractivity contribution in [3.63, 3.8) is 0 Å². The highest BCUT2D eigenvalue weighted by atomic mass is 16.4. The summed E-state index contributed by atoms with van der Waals surface area (Å²) in [6.45, 7) is 5.49. The van der Waals surface area contributed by atoms with E-state index >= 15 is 0 Å². The molecule has 1 aromatic rings. The molecule has 0 aromatic carbocycles. The Morgan fingerprint density at radius 1 is 1.50 bits per heavy atom. The summed E-state index contributed by atoms with van der Waals surface area (Å²) in [5.74, 6) is -1.23. The molecule has 0 aliphatic carbocycles. The van der Waals surface area contributed by atoms with Gasteiger partial charge in [0.15, 0.2) is 0 Å². The van der Waals surface area contributed by atoms with Crippen molar-refractivity contribution in [3.05, 3.63) is 28.4 Å². The second kappa shape index (κ2) is 4.92. The Morgan fingerprint density at radius 2 is 2.12 bits per heavy atom. The van der Waals surface area contributed by atoms with Crippen molar-refractivity contribution in [1.82, 2.24) is 9.55 Å². The molecule has 88 valence electrons. The van der Waals surface area contributed by atoms with E-state index in [0.717, 1.165) is 0 Å². The van der Waals surface area contributed by atoms with E-state index in [9.17, 15) is 9.59 Å². The zero-order chi connectivity index (χ0) is 12.3. The molecular weight excluding hydrogens is 208 g/mol. The number of hydrogen-bond donors (Lipinski definition) is 1. The van der Waals surface area contributed by atoms with Crippen molar-refractivity contribution in [2.45, 2.75) is 39.2 Å². The van der Waals surface area contributed by atoms with Crippen LogP contribution in [0.5, 0.6) is 0 Å². The molecule has 5 nitrogen and oxygen atoms in total. The highest BCUT2D eigenvalue weighted by Gasteiger charge is 2.15. The number of nitrogens with zero attached hydrogens (tertiary/aromatic N) is 2. The lowest BCUT2D eigenvalue weighted by Gasteiger charge is -2.13. The van der Waals surface area contributed by atoms with Gasteiger partial charge in [0.1, 0.15) is 0 Å². The normalized spacial score (nSPS) is 12.8. The molecule has 0 saturated heterocycles. The van der Waals surface area contributed by atoms with Gasteiger partial charge in [-0.3, -0.25) is 14.2 Å². The van der Waals surface area contributed by atoms with E-state index in [0.29, 0.717) is 5.56 Å². The van der Waals surface area contributed by atoms with E-state index in [2.05, 4.69) is 4.98 Å². The van der Waals surface area contributed by atoms with E-state index in [1.54, 1.807) is 6.92 Å². The van der Waals surface area contributed by atoms with Crippen LogP contribution in [0.2, 0.25) is 0 Å². The van der Waals surface area contributed by atoms with Gasteiger partial charge in [-0.15, -0.1) is 0 Å². The molecule has 1 aromatic heterocycles. The number of rotatable bonds is 4. The van der Waals surface area contributed by atoms with Gasteiger partial charge in [0.25, 0.3) is 5.56 Å². The molecule has 1 atom stereocenters. The molecule has 1 heterocycles. The van der Waals surface area contributed by atoms with Crippen molar-refractivity contribution >= 4 is 5.97 Å². The molecule has 0 fully saturated rings. The minimum absolute atomic E-state index is 0.0250. The first-order chi connectivity index (χ1) is 7.43. The molecule has 0 radical (unpaired) electrons. The maximum atomic E-state index is 12.0. The SMILES string of the molecule is CC(CC(=O)O)c1cncn(C(C)C)c1=O. The minimum Gasteiger partial charge on any atom is -0.481 e. The molecule has 0 spiro atoms. The largest absolute Gasteiger partial charge is 0.481 e. The van der Waals surface area contributed by atoms with Gasteiger partial charge in [-0.05, 0) is 19.8 Å². The fraction of sp³-hybridized carbons (Fsp3) is 0.545. The molecule has 1 rings (SSSR count). The monoisotopic (exact) mass is 224 g/mol. The lowest BCUT2D eigenvalue weighted by molar-refractivity contribution is -0.137. The van der Waals surface area contributed by atoms with Crippen LogP contribution in [0, 0.1) is 0 Å². The van der Waals surface area contributed by atoms with Crippen LogP contribution in [0.15, 0.2) is 17.3 Å². The van der Waals surface area contributed by atoms with Gasteiger partial charge >= 0.3 is 5.97 Å². The van der Waals surface area contributed by atoms with Crippen molar-refractivity contribution in [2.75, 3.05) is 0 Å². The third-order valence-electron chi connectivity index (χ3n) is 2.45. The molecule has 0 aliphatic heterocycles. The molecule has 16 heavy (non-hydrogen) atoms. The van der Waals surface area contributed by atoms with Crippen LogP contribution in [-0.2, 0) is 4.79 Å². The summed E-state index contributed by atoms with van der Waals surface area (Å²) < 4.78 is 1.51. The number of aromatic nitrogens is 2. The Hall–Kier alpha value is -1.65. The topological polar surface area (TPSA) is 72.2 Å². The van der Waals surface area contributed by atoms with E-state index < -0.39 is 5.97 Å². The van der Waals surface area contributed by atoms with E-state index in [1.165, 1.54) is 17.1 Å². The van der Waals surface area contributed by atoms with Gasteiger partial charge < -0.3 is 5.11 Å². The maximum absolute atomic E-state index is 12.0. The van der Waals surface area contributed by atoms with Crippen LogP contribution < -0.4 is 5.56 Å². The highest BCUT2D eigenvalue weighted by molar-refractivity contribution is 5.67. The lowest BCUT2D eigenvalue weighted by Crippen LogP contribution is -2.27. The van der Waals surface area contributed by atoms with Gasteiger partial charge in [-0.1, -0.05) is 6.92 Å². The Balaban J connectivity index is 3.10. The summed E-state index contributed by atoms with van der Waals surface area (Å²) in [5, 5.41) is 8.69. The third kappa shape index (κ3) is 2.68. The molecule has 0 saturated carbocycles. The average Bonchev–Trinajstić information content (AvgIpc) is 2.16. The standard InChI is InChI=1S/C11H16N2O3/c1-7(2)13-6-12-5-9(11(13)16)8(3)4-10(14)15/h5-8H,4H2,1-3H3,(H,14,15). The van der Waals surface area contributed by atoms with Gasteiger partial charge in [-0.2, -0.15) is 0 Å². The number of carbonyl (C=O) groups is 1. The Kier molecular flexibility index (Phi) is 3.82. The second-order valence-electron chi connectivity index (χ2n) is 4.15. The van der Waals surface area contributed by atoms with E-state index in [-0.39, 0.29) is 23.9 Å². The number of carboxylic acid groups (broad SMARTS) is 1. The second-order valence-corrected chi connectivity index (χ2v) is 4.15. The van der Waals surface area contributed by atoms with Gasteiger partial charge in [0.2, 0.25) is 0 Å². The molecule has 0 amide bonds. The van der Waals surface area contributed by atoms with Crippen LogP contribution in [-0.4, -0.2) is 20.6 Å². The molecule has 1 N–H and O–H groups in total. The Labute approximate surface area is 93.8 Å². The Morgan fingerprint density at radius 3 is 2.62 bits per heavy atom. The smallest absolute Gasteiger partial charge is 0.303 e. The van der Waals surface area contributed by atoms with Crippen molar-refractivity contribution < 1.29 is 9.90 Å². The quantitative estimate of drug-likeness (QED) is 0.839. The molecule has 0 bridgehead atoms. The van der Waals surface area contributed by atoms with Crippen LogP contribution in [0.1, 0.15) is 44.7 Å². The van der Waals surface area contributed by atoms with Crippen molar-refractivity contribution in [2.24, 2.45) is 0 Å². The van der Waals surface area contributed by atoms with Crippen LogP contribution in [0.4, 0.5) is 0 Å². The zero-order valence-electron chi connectivity index (χ0n) is 9.67. The molecular formula is C11H16N2O3. The molecule has 0 aliphatic rings. The Bertz CT molecular complexity index is 437. The van der Waals surface area contributed by atoms with Crippen LogP contribution >= 0.6 is 0 Å². The molecule has 1 unspecified atom stereocenters. The van der Waals surface area contributed by atoms with Crippen molar-refractivity contribution in [1.29, 1.82) is 0 Å². The predicted molar refractivity (Wildman–Crippen MR) is 59.5 cm³/mol. The summed E-state index contributed by atoms with van der Waals surface area (Å²) in [4.78, 5) is 26.5. The molecule has 5 heteroatoms. The fourth-order valence-corrected chi connectivity index (χ4v) is 1.52. The minimum atomic E-state index is -0.910. The van der Waals surface area contributed by atoms with Gasteiger partial charge in [-0.25, -0.2) is 4.98 Å². The first-order valence-electron chi connectivity index (χ1n) is 5.21. The summed E-state index contributed by atoms with van der Waals surface area (Å²) in [7, 11) is 0. The van der Waals surface area contributed by atoms with Gasteiger partial charge in [0.05, 0.1) is 12.7 Å². The number of carboxylic acids is 1. The van der Waals surface area contributed by atoms with E-state index in [4.69, 9.17) is 5.11 Å².